The fraction of sp³-hybridized carbons (Fsp3) is 0.500. The molecular weight excluding hydrogens is 245 g/mol. The number of hydrogen-bond donors (Lipinski definition) is 2. The minimum absolute atomic E-state index is 0.116. The molecule has 0 spiro atoms. The van der Waals surface area contributed by atoms with Crippen LogP contribution in [-0.2, 0) is 4.74 Å². The van der Waals surface area contributed by atoms with Crippen molar-refractivity contribution in [2.24, 2.45) is 11.1 Å². The van der Waals surface area contributed by atoms with E-state index in [2.05, 4.69) is 0 Å². The summed E-state index contributed by atoms with van der Waals surface area (Å²) in [6, 6.07) is 4.35. The number of nitrogens with two attached hydrogens (primary N) is 1. The van der Waals surface area contributed by atoms with E-state index in [0.717, 1.165) is 0 Å². The van der Waals surface area contributed by atoms with Gasteiger partial charge in [0.15, 0.2) is 0 Å². The molecule has 0 aliphatic carbocycles. The number of aliphatic hydroxyl groups excluding tert-OH is 1. The van der Waals surface area contributed by atoms with Gasteiger partial charge in [-0.2, -0.15) is 0 Å². The molecule has 3 nitrogen and oxygen atoms in total. The molecule has 5 heteroatoms. The largest absolute Gasteiger partial charge is 0.388 e. The van der Waals surface area contributed by atoms with Crippen molar-refractivity contribution < 1.29 is 14.2 Å². The molecule has 0 radical (unpaired) electrons. The van der Waals surface area contributed by atoms with Crippen LogP contribution in [0.15, 0.2) is 18.2 Å². The van der Waals surface area contributed by atoms with Crippen molar-refractivity contribution in [3.63, 3.8) is 0 Å². The van der Waals surface area contributed by atoms with Crippen LogP contribution in [0.1, 0.15) is 18.1 Å². The van der Waals surface area contributed by atoms with Gasteiger partial charge < -0.3 is 15.6 Å². The SMILES string of the molecule is NCC1(C(O)c2c(F)cccc2Cl)CCOC1. The molecule has 3 N–H and O–H groups in total. The van der Waals surface area contributed by atoms with Crippen molar-refractivity contribution in [2.45, 2.75) is 12.5 Å². The summed E-state index contributed by atoms with van der Waals surface area (Å²) in [4.78, 5) is 0. The molecule has 1 saturated heterocycles. The molecule has 1 aromatic rings. The highest BCUT2D eigenvalue weighted by molar-refractivity contribution is 6.31. The Kier molecular flexibility index (Phi) is 3.68. The summed E-state index contributed by atoms with van der Waals surface area (Å²) in [5.74, 6) is -0.510. The molecule has 0 aromatic heterocycles. The molecule has 1 aliphatic heterocycles. The molecule has 1 aromatic carbocycles. The third-order valence-corrected chi connectivity index (χ3v) is 3.72. The van der Waals surface area contributed by atoms with Crippen LogP contribution in [0, 0.1) is 11.2 Å². The Morgan fingerprint density at radius 2 is 2.35 bits per heavy atom. The first kappa shape index (κ1) is 12.8. The van der Waals surface area contributed by atoms with Gasteiger partial charge in [0.25, 0.3) is 0 Å². The van der Waals surface area contributed by atoms with Crippen LogP contribution < -0.4 is 5.73 Å². The highest BCUT2D eigenvalue weighted by Gasteiger charge is 2.43. The normalized spacial score (nSPS) is 26.1. The van der Waals surface area contributed by atoms with E-state index in [-0.39, 0.29) is 17.1 Å². The standard InChI is InChI=1S/C12H15ClFNO2/c13-8-2-1-3-9(14)10(8)11(16)12(6-15)4-5-17-7-12/h1-3,11,16H,4-7,15H2. The Morgan fingerprint density at radius 1 is 1.59 bits per heavy atom. The topological polar surface area (TPSA) is 55.5 Å². The maximum Gasteiger partial charge on any atom is 0.130 e. The van der Waals surface area contributed by atoms with Gasteiger partial charge in [0.05, 0.1) is 12.7 Å². The van der Waals surface area contributed by atoms with E-state index in [0.29, 0.717) is 19.6 Å². The fourth-order valence-electron chi connectivity index (χ4n) is 2.19. The number of rotatable bonds is 3. The predicted octanol–water partition coefficient (Wildman–Crippen LogP) is 1.88. The van der Waals surface area contributed by atoms with E-state index in [4.69, 9.17) is 22.1 Å². The van der Waals surface area contributed by atoms with Gasteiger partial charge in [-0.1, -0.05) is 17.7 Å². The summed E-state index contributed by atoms with van der Waals surface area (Å²) in [7, 11) is 0. The highest BCUT2D eigenvalue weighted by atomic mass is 35.5. The van der Waals surface area contributed by atoms with Crippen molar-refractivity contribution in [1.82, 2.24) is 0 Å². The maximum atomic E-state index is 13.7. The van der Waals surface area contributed by atoms with Gasteiger partial charge in [-0.3, -0.25) is 0 Å². The third kappa shape index (κ3) is 2.18. The summed E-state index contributed by atoms with van der Waals surface area (Å²) in [6.07, 6.45) is -0.432. The van der Waals surface area contributed by atoms with E-state index in [1.54, 1.807) is 6.07 Å². The number of ether oxygens (including phenoxy) is 1. The van der Waals surface area contributed by atoms with E-state index in [1.807, 2.05) is 0 Å². The molecule has 0 saturated carbocycles. The third-order valence-electron chi connectivity index (χ3n) is 3.39. The Morgan fingerprint density at radius 3 is 2.88 bits per heavy atom. The second-order valence-electron chi connectivity index (χ2n) is 4.41. The molecule has 2 rings (SSSR count). The Labute approximate surface area is 104 Å². The quantitative estimate of drug-likeness (QED) is 0.871. The van der Waals surface area contributed by atoms with Crippen LogP contribution in [0.2, 0.25) is 5.02 Å². The molecule has 0 amide bonds. The maximum absolute atomic E-state index is 13.7. The van der Waals surface area contributed by atoms with Crippen LogP contribution in [0.4, 0.5) is 4.39 Å². The average Bonchev–Trinajstić information content (AvgIpc) is 2.78. The number of hydrogen-bond acceptors (Lipinski definition) is 3. The molecule has 94 valence electrons. The second-order valence-corrected chi connectivity index (χ2v) is 4.81. The lowest BCUT2D eigenvalue weighted by Crippen LogP contribution is -2.37. The molecule has 1 aliphatic rings. The van der Waals surface area contributed by atoms with E-state index in [1.165, 1.54) is 12.1 Å². The molecule has 2 unspecified atom stereocenters. The van der Waals surface area contributed by atoms with Crippen molar-refractivity contribution in [3.8, 4) is 0 Å². The Balaban J connectivity index is 2.39. The van der Waals surface area contributed by atoms with Crippen LogP contribution in [0.5, 0.6) is 0 Å². The minimum atomic E-state index is -1.04. The van der Waals surface area contributed by atoms with Gasteiger partial charge >= 0.3 is 0 Å². The van der Waals surface area contributed by atoms with Crippen LogP contribution >= 0.6 is 11.6 Å². The van der Waals surface area contributed by atoms with E-state index >= 15 is 0 Å². The molecular formula is C12H15ClFNO2. The Bertz CT molecular complexity index is 387. The summed E-state index contributed by atoms with van der Waals surface area (Å²) in [5.41, 5.74) is 5.18. The van der Waals surface area contributed by atoms with Gasteiger partial charge in [0, 0.05) is 29.2 Å². The molecule has 0 bridgehead atoms. The summed E-state index contributed by atoms with van der Waals surface area (Å²) in [6.45, 7) is 1.09. The van der Waals surface area contributed by atoms with E-state index in [9.17, 15) is 9.50 Å². The average molecular weight is 260 g/mol. The van der Waals surface area contributed by atoms with Gasteiger partial charge in [-0.15, -0.1) is 0 Å². The van der Waals surface area contributed by atoms with Gasteiger partial charge in [0.1, 0.15) is 5.82 Å². The van der Waals surface area contributed by atoms with Crippen molar-refractivity contribution in [3.05, 3.63) is 34.6 Å². The Hall–Kier alpha value is -0.680. The molecule has 1 heterocycles. The van der Waals surface area contributed by atoms with E-state index < -0.39 is 17.3 Å². The van der Waals surface area contributed by atoms with Gasteiger partial charge in [-0.05, 0) is 18.6 Å². The van der Waals surface area contributed by atoms with Crippen LogP contribution in [0.25, 0.3) is 0 Å². The first-order valence-electron chi connectivity index (χ1n) is 5.50. The first-order valence-corrected chi connectivity index (χ1v) is 5.88. The molecule has 1 fully saturated rings. The number of halogens is 2. The first-order chi connectivity index (χ1) is 8.10. The second kappa shape index (κ2) is 4.90. The van der Waals surface area contributed by atoms with Crippen LogP contribution in [-0.4, -0.2) is 24.9 Å². The minimum Gasteiger partial charge on any atom is -0.388 e. The zero-order valence-electron chi connectivity index (χ0n) is 9.33. The lowest BCUT2D eigenvalue weighted by atomic mass is 9.78. The lowest BCUT2D eigenvalue weighted by Gasteiger charge is -2.32. The zero-order valence-corrected chi connectivity index (χ0v) is 10.1. The predicted molar refractivity (Wildman–Crippen MR) is 63.3 cm³/mol. The number of aliphatic hydroxyl groups is 1. The van der Waals surface area contributed by atoms with Gasteiger partial charge in [0.2, 0.25) is 0 Å². The number of benzene rings is 1. The smallest absolute Gasteiger partial charge is 0.130 e. The summed E-state index contributed by atoms with van der Waals surface area (Å²) < 4.78 is 19.0. The molecule has 17 heavy (non-hydrogen) atoms. The van der Waals surface area contributed by atoms with Gasteiger partial charge in [-0.25, -0.2) is 4.39 Å². The monoisotopic (exact) mass is 259 g/mol. The highest BCUT2D eigenvalue weighted by Crippen LogP contribution is 2.43. The van der Waals surface area contributed by atoms with Crippen molar-refractivity contribution >= 4 is 11.6 Å². The van der Waals surface area contributed by atoms with Crippen molar-refractivity contribution in [1.29, 1.82) is 0 Å². The zero-order chi connectivity index (χ0) is 12.5. The summed E-state index contributed by atoms with van der Waals surface area (Å²) >= 11 is 5.94. The summed E-state index contributed by atoms with van der Waals surface area (Å²) in [5, 5.41) is 10.6. The lowest BCUT2D eigenvalue weighted by molar-refractivity contribution is 0.0169. The van der Waals surface area contributed by atoms with Crippen molar-refractivity contribution in [2.75, 3.05) is 19.8 Å². The fourth-order valence-corrected chi connectivity index (χ4v) is 2.46. The van der Waals surface area contributed by atoms with Crippen LogP contribution in [0.3, 0.4) is 0 Å². The molecule has 2 atom stereocenters.